The monoisotopic (exact) mass is 300 g/mol. The van der Waals surface area contributed by atoms with Crippen LogP contribution in [0.25, 0.3) is 0 Å². The number of aliphatic imine (C=N–C) groups is 2. The van der Waals surface area contributed by atoms with Gasteiger partial charge in [-0.25, -0.2) is 20.0 Å². The van der Waals surface area contributed by atoms with Gasteiger partial charge in [0.15, 0.2) is 5.54 Å². The molecule has 1 spiro atoms. The van der Waals surface area contributed by atoms with E-state index in [1.165, 1.54) is 5.75 Å². The van der Waals surface area contributed by atoms with Crippen LogP contribution in [0.5, 0.6) is 0 Å². The van der Waals surface area contributed by atoms with Crippen LogP contribution in [-0.4, -0.2) is 61.1 Å². The van der Waals surface area contributed by atoms with Crippen LogP contribution in [0.1, 0.15) is 27.2 Å². The zero-order valence-electron chi connectivity index (χ0n) is 13.8. The lowest BCUT2D eigenvalue weighted by atomic mass is 10.0. The summed E-state index contributed by atoms with van der Waals surface area (Å²) in [6, 6.07) is -0.0124. The molecule has 5 heteroatoms. The summed E-state index contributed by atoms with van der Waals surface area (Å²) in [4.78, 5) is 9.77. The first-order valence-corrected chi connectivity index (χ1v) is 9.96. The average molecular weight is 300 g/mol. The predicted octanol–water partition coefficient (Wildman–Crippen LogP) is 2.71. The van der Waals surface area contributed by atoms with E-state index in [0.29, 0.717) is 11.2 Å². The van der Waals surface area contributed by atoms with Crippen LogP contribution in [0.2, 0.25) is 0 Å². The van der Waals surface area contributed by atoms with Gasteiger partial charge in [-0.3, -0.25) is 0 Å². The Hall–Kier alpha value is -0.710. The zero-order valence-corrected chi connectivity index (χ0v) is 14.6. The first-order valence-electron chi connectivity index (χ1n) is 7.28. The standard InChI is InChI=1S/C15H28N2O2S/c1-8-20(6,7)11-9-15(11)14(19-5)16-12(10(2)3)13(17-15)18-4/h10-12H,8-9H2,1-7H3/t11?,12-,15-/m1/s1. The minimum atomic E-state index is -0.669. The fourth-order valence-electron chi connectivity index (χ4n) is 2.95. The van der Waals surface area contributed by atoms with E-state index in [-0.39, 0.29) is 11.6 Å². The Morgan fingerprint density at radius 2 is 1.95 bits per heavy atom. The van der Waals surface area contributed by atoms with E-state index >= 15 is 0 Å². The van der Waals surface area contributed by atoms with Gasteiger partial charge in [-0.15, -0.1) is 0 Å². The smallest absolute Gasteiger partial charge is 0.213 e. The Kier molecular flexibility index (Phi) is 4.11. The van der Waals surface area contributed by atoms with Crippen LogP contribution < -0.4 is 0 Å². The second kappa shape index (κ2) is 5.24. The van der Waals surface area contributed by atoms with Crippen molar-refractivity contribution in [3.05, 3.63) is 0 Å². The van der Waals surface area contributed by atoms with Gasteiger partial charge in [0.1, 0.15) is 6.04 Å². The maximum Gasteiger partial charge on any atom is 0.213 e. The molecular formula is C15H28N2O2S. The van der Waals surface area contributed by atoms with E-state index in [4.69, 9.17) is 19.5 Å². The quantitative estimate of drug-likeness (QED) is 0.804. The Balaban J connectivity index is 2.36. The zero-order chi connectivity index (χ0) is 15.1. The Morgan fingerprint density at radius 3 is 2.40 bits per heavy atom. The van der Waals surface area contributed by atoms with Crippen LogP contribution in [-0.2, 0) is 9.47 Å². The predicted molar refractivity (Wildman–Crippen MR) is 88.6 cm³/mol. The molecule has 1 saturated carbocycles. The molecule has 0 N–H and O–H groups in total. The highest BCUT2D eigenvalue weighted by atomic mass is 32.3. The highest BCUT2D eigenvalue weighted by Gasteiger charge is 2.65. The van der Waals surface area contributed by atoms with Crippen molar-refractivity contribution in [2.75, 3.05) is 32.5 Å². The van der Waals surface area contributed by atoms with Crippen LogP contribution in [0.3, 0.4) is 0 Å². The molecule has 1 heterocycles. The molecule has 0 aromatic carbocycles. The fourth-order valence-corrected chi connectivity index (χ4v) is 5.27. The lowest BCUT2D eigenvalue weighted by Gasteiger charge is -2.34. The molecule has 20 heavy (non-hydrogen) atoms. The number of methoxy groups -OCH3 is 2. The molecule has 0 aromatic rings. The molecule has 0 radical (unpaired) electrons. The summed E-state index contributed by atoms with van der Waals surface area (Å²) in [7, 11) is 2.75. The highest BCUT2D eigenvalue weighted by molar-refractivity contribution is 8.33. The van der Waals surface area contributed by atoms with Gasteiger partial charge in [0.05, 0.1) is 14.2 Å². The Bertz CT molecular complexity index is 445. The van der Waals surface area contributed by atoms with Gasteiger partial charge < -0.3 is 9.47 Å². The third kappa shape index (κ3) is 2.34. The van der Waals surface area contributed by atoms with Gasteiger partial charge in [0, 0.05) is 5.25 Å². The second-order valence-corrected chi connectivity index (χ2v) is 10.9. The molecule has 4 nitrogen and oxygen atoms in total. The van der Waals surface area contributed by atoms with E-state index in [9.17, 15) is 0 Å². The average Bonchev–Trinajstić information content (AvgIpc) is 3.13. The first-order chi connectivity index (χ1) is 9.32. The highest BCUT2D eigenvalue weighted by Crippen LogP contribution is 2.64. The molecule has 2 aliphatic rings. The van der Waals surface area contributed by atoms with Crippen molar-refractivity contribution in [3.63, 3.8) is 0 Å². The topological polar surface area (TPSA) is 43.2 Å². The van der Waals surface area contributed by atoms with Gasteiger partial charge in [0.25, 0.3) is 0 Å². The molecule has 0 bridgehead atoms. The largest absolute Gasteiger partial charge is 0.483 e. The maximum absolute atomic E-state index is 5.61. The van der Waals surface area contributed by atoms with E-state index in [2.05, 4.69) is 33.3 Å². The summed E-state index contributed by atoms with van der Waals surface area (Å²) in [6.45, 7) is 6.55. The summed E-state index contributed by atoms with van der Waals surface area (Å²) < 4.78 is 11.1. The van der Waals surface area contributed by atoms with Gasteiger partial charge in [-0.1, -0.05) is 20.8 Å². The van der Waals surface area contributed by atoms with Crippen LogP contribution in [0.4, 0.5) is 0 Å². The third-order valence-corrected chi connectivity index (χ3v) is 8.19. The van der Waals surface area contributed by atoms with Crippen molar-refractivity contribution in [1.82, 2.24) is 0 Å². The molecule has 1 aliphatic carbocycles. The molecule has 2 rings (SSSR count). The van der Waals surface area contributed by atoms with Gasteiger partial charge >= 0.3 is 0 Å². The minimum absolute atomic E-state index is 0.0124. The minimum Gasteiger partial charge on any atom is -0.483 e. The molecule has 1 fully saturated rings. The second-order valence-electron chi connectivity index (χ2n) is 6.51. The third-order valence-electron chi connectivity index (χ3n) is 4.61. The van der Waals surface area contributed by atoms with Crippen molar-refractivity contribution in [3.8, 4) is 0 Å². The SMILES string of the molecule is CCS(C)(C)C1C[C@@]12N=C(OC)[C@@H](C(C)C)N=C2OC. The van der Waals surface area contributed by atoms with Crippen molar-refractivity contribution < 1.29 is 9.47 Å². The molecule has 0 saturated heterocycles. The summed E-state index contributed by atoms with van der Waals surface area (Å²) in [5.41, 5.74) is -0.236. The molecule has 3 atom stereocenters. The maximum atomic E-state index is 5.61. The molecule has 1 unspecified atom stereocenters. The van der Waals surface area contributed by atoms with Gasteiger partial charge in [0.2, 0.25) is 11.8 Å². The van der Waals surface area contributed by atoms with Crippen molar-refractivity contribution in [2.24, 2.45) is 15.9 Å². The van der Waals surface area contributed by atoms with Crippen molar-refractivity contribution in [2.45, 2.75) is 44.0 Å². The van der Waals surface area contributed by atoms with E-state index < -0.39 is 10.0 Å². The normalized spacial score (nSPS) is 33.8. The van der Waals surface area contributed by atoms with E-state index in [1.807, 2.05) is 0 Å². The fraction of sp³-hybridized carbons (Fsp3) is 0.867. The molecule has 0 aromatic heterocycles. The van der Waals surface area contributed by atoms with Crippen LogP contribution in [0.15, 0.2) is 9.98 Å². The Labute approximate surface area is 124 Å². The number of hydrogen-bond donors (Lipinski definition) is 0. The first kappa shape index (κ1) is 15.7. The van der Waals surface area contributed by atoms with Crippen molar-refractivity contribution in [1.29, 1.82) is 0 Å². The summed E-state index contributed by atoms with van der Waals surface area (Å²) in [6.07, 6.45) is 5.82. The van der Waals surface area contributed by atoms with Crippen molar-refractivity contribution >= 4 is 21.8 Å². The Morgan fingerprint density at radius 1 is 1.30 bits per heavy atom. The molecule has 116 valence electrons. The van der Waals surface area contributed by atoms with E-state index in [0.717, 1.165) is 18.2 Å². The van der Waals surface area contributed by atoms with Gasteiger partial charge in [-0.05, 0) is 30.6 Å². The molecule has 1 aliphatic heterocycles. The van der Waals surface area contributed by atoms with Gasteiger partial charge in [-0.2, -0.15) is 0 Å². The molecule has 0 amide bonds. The van der Waals surface area contributed by atoms with Crippen LogP contribution >= 0.6 is 10.0 Å². The van der Waals surface area contributed by atoms with E-state index in [1.54, 1.807) is 14.2 Å². The lowest BCUT2D eigenvalue weighted by Crippen LogP contribution is -2.41. The number of rotatable bonds is 3. The molecular weight excluding hydrogens is 272 g/mol. The van der Waals surface area contributed by atoms with Crippen LogP contribution in [0, 0.1) is 5.92 Å². The summed E-state index contributed by atoms with van der Waals surface area (Å²) in [5.74, 6) is 3.16. The number of nitrogens with zero attached hydrogens (tertiary/aromatic N) is 2. The number of hydrogen-bond acceptors (Lipinski definition) is 4. The summed E-state index contributed by atoms with van der Waals surface area (Å²) >= 11 is 0. The lowest BCUT2D eigenvalue weighted by molar-refractivity contribution is 0.330. The summed E-state index contributed by atoms with van der Waals surface area (Å²) in [5, 5.41) is 0.567. The number of ether oxygens (including phenoxy) is 2.